The summed E-state index contributed by atoms with van der Waals surface area (Å²) < 4.78 is 29.9. The molecule has 1 aliphatic heterocycles. The average molecular weight is 496 g/mol. The molecule has 0 saturated heterocycles. The first-order chi connectivity index (χ1) is 17.1. The van der Waals surface area contributed by atoms with Crippen molar-refractivity contribution in [2.75, 3.05) is 26.4 Å². The van der Waals surface area contributed by atoms with E-state index in [1.54, 1.807) is 0 Å². The van der Waals surface area contributed by atoms with Crippen LogP contribution >= 0.6 is 0 Å². The minimum Gasteiger partial charge on any atom is -0.487 e. The van der Waals surface area contributed by atoms with Crippen molar-refractivity contribution in [3.05, 3.63) is 59.2 Å². The number of aromatic nitrogens is 3. The molecule has 0 spiro atoms. The summed E-state index contributed by atoms with van der Waals surface area (Å²) in [5.74, 6) is 3.76. The van der Waals surface area contributed by atoms with Crippen LogP contribution in [0, 0.1) is 0 Å². The predicted octanol–water partition coefficient (Wildman–Crippen LogP) is 5.35. The van der Waals surface area contributed by atoms with Gasteiger partial charge in [-0.1, -0.05) is 53.7 Å². The normalized spacial score (nSPS) is 15.6. The largest absolute Gasteiger partial charge is 0.487 e. The summed E-state index contributed by atoms with van der Waals surface area (Å²) in [5, 5.41) is 7.23. The van der Waals surface area contributed by atoms with Crippen LogP contribution in [0.2, 0.25) is 0 Å². The number of H-pyrrole nitrogens is 1. The minimum absolute atomic E-state index is 0.0119. The molecule has 1 aromatic heterocycles. The van der Waals surface area contributed by atoms with Crippen LogP contribution < -0.4 is 18.9 Å². The Hall–Kier alpha value is -3.26. The Morgan fingerprint density at radius 3 is 1.78 bits per heavy atom. The molecule has 4 rings (SSSR count). The zero-order chi connectivity index (χ0) is 25.8. The summed E-state index contributed by atoms with van der Waals surface area (Å²) in [6.07, 6.45) is 0. The second kappa shape index (κ2) is 10.8. The van der Waals surface area contributed by atoms with Gasteiger partial charge in [-0.2, -0.15) is 5.10 Å². The summed E-state index contributed by atoms with van der Waals surface area (Å²) in [6, 6.07) is 12.0. The fraction of sp³-hybridized carbons (Fsp3) is 0.500. The third kappa shape index (κ3) is 6.69. The summed E-state index contributed by atoms with van der Waals surface area (Å²) in [6.45, 7) is 15.1. The van der Waals surface area contributed by atoms with Crippen LogP contribution in [0.5, 0.6) is 23.0 Å². The number of fused-ring (bicyclic) bond motifs is 4. The Morgan fingerprint density at radius 2 is 1.17 bits per heavy atom. The van der Waals surface area contributed by atoms with E-state index in [1.807, 2.05) is 24.3 Å². The molecule has 0 radical (unpaired) electrons. The summed E-state index contributed by atoms with van der Waals surface area (Å²) in [4.78, 5) is 4.53. The van der Waals surface area contributed by atoms with Crippen LogP contribution in [0.25, 0.3) is 0 Å². The van der Waals surface area contributed by atoms with Gasteiger partial charge in [0, 0.05) is 0 Å². The van der Waals surface area contributed by atoms with Gasteiger partial charge in [0.1, 0.15) is 26.4 Å². The van der Waals surface area contributed by atoms with Gasteiger partial charge >= 0.3 is 0 Å². The lowest BCUT2D eigenvalue weighted by molar-refractivity contribution is 0.0743. The fourth-order valence-electron chi connectivity index (χ4n) is 3.69. The van der Waals surface area contributed by atoms with Gasteiger partial charge < -0.3 is 23.7 Å². The first-order valence-corrected chi connectivity index (χ1v) is 12.4. The Bertz CT molecular complexity index is 1160. The van der Waals surface area contributed by atoms with E-state index in [4.69, 9.17) is 23.7 Å². The van der Waals surface area contributed by atoms with Crippen LogP contribution in [0.3, 0.4) is 0 Å². The Balaban J connectivity index is 1.55. The molecule has 194 valence electrons. The second-order valence-corrected chi connectivity index (χ2v) is 10.9. The van der Waals surface area contributed by atoms with Crippen molar-refractivity contribution in [2.45, 2.75) is 65.6 Å². The van der Waals surface area contributed by atoms with Crippen LogP contribution in [0.15, 0.2) is 36.4 Å². The molecule has 1 aliphatic rings. The summed E-state index contributed by atoms with van der Waals surface area (Å²) in [7, 11) is 0. The highest BCUT2D eigenvalue weighted by atomic mass is 16.6. The molecule has 8 heteroatoms. The molecule has 8 nitrogen and oxygen atoms in total. The molecule has 0 amide bonds. The number of rotatable bonds is 0. The van der Waals surface area contributed by atoms with E-state index in [2.05, 4.69) is 68.9 Å². The van der Waals surface area contributed by atoms with E-state index >= 15 is 0 Å². The highest BCUT2D eigenvalue weighted by Gasteiger charge is 2.19. The second-order valence-electron chi connectivity index (χ2n) is 10.9. The van der Waals surface area contributed by atoms with Gasteiger partial charge in [0.15, 0.2) is 34.6 Å². The van der Waals surface area contributed by atoms with Crippen LogP contribution in [-0.4, -0.2) is 41.6 Å². The lowest BCUT2D eigenvalue weighted by Crippen LogP contribution is -2.15. The lowest BCUT2D eigenvalue weighted by Gasteiger charge is -2.22. The topological polar surface area (TPSA) is 87.7 Å². The zero-order valence-corrected chi connectivity index (χ0v) is 22.1. The number of aromatic amines is 1. The van der Waals surface area contributed by atoms with Gasteiger partial charge in [0.05, 0.1) is 13.2 Å². The Labute approximate surface area is 213 Å². The number of ether oxygens (including phenoxy) is 5. The number of hydrogen-bond donors (Lipinski definition) is 1. The smallest absolute Gasteiger partial charge is 0.188 e. The molecular formula is C28H37N3O5. The maximum atomic E-state index is 6.10. The van der Waals surface area contributed by atoms with Crippen molar-refractivity contribution in [1.29, 1.82) is 0 Å². The molecule has 0 atom stereocenters. The molecule has 36 heavy (non-hydrogen) atoms. The molecule has 2 aromatic carbocycles. The van der Waals surface area contributed by atoms with Crippen molar-refractivity contribution >= 4 is 0 Å². The van der Waals surface area contributed by atoms with E-state index in [0.29, 0.717) is 61.1 Å². The van der Waals surface area contributed by atoms with E-state index < -0.39 is 0 Å². The van der Waals surface area contributed by atoms with Crippen LogP contribution in [0.4, 0.5) is 0 Å². The monoisotopic (exact) mass is 495 g/mol. The Kier molecular flexibility index (Phi) is 7.73. The number of nitrogens with one attached hydrogen (secondary N) is 1. The summed E-state index contributed by atoms with van der Waals surface area (Å²) in [5.41, 5.74) is 2.28. The molecule has 0 saturated carbocycles. The third-order valence-electron chi connectivity index (χ3n) is 5.89. The highest BCUT2D eigenvalue weighted by molar-refractivity contribution is 5.46. The number of benzene rings is 2. The van der Waals surface area contributed by atoms with Gasteiger partial charge in [-0.3, -0.25) is 5.10 Å². The van der Waals surface area contributed by atoms with E-state index in [1.165, 1.54) is 0 Å². The lowest BCUT2D eigenvalue weighted by atomic mass is 9.87. The Morgan fingerprint density at radius 1 is 0.639 bits per heavy atom. The minimum atomic E-state index is -0.0213. The molecule has 1 N–H and O–H groups in total. The fourth-order valence-corrected chi connectivity index (χ4v) is 3.69. The molecule has 0 fully saturated rings. The first-order valence-electron chi connectivity index (χ1n) is 12.4. The highest BCUT2D eigenvalue weighted by Crippen LogP contribution is 2.35. The summed E-state index contributed by atoms with van der Waals surface area (Å²) >= 11 is 0. The van der Waals surface area contributed by atoms with Crippen LogP contribution in [0.1, 0.15) is 64.3 Å². The molecule has 3 aromatic rings. The maximum Gasteiger partial charge on any atom is 0.188 e. The molecule has 0 unspecified atom stereocenters. The van der Waals surface area contributed by atoms with Crippen molar-refractivity contribution in [3.8, 4) is 23.0 Å². The zero-order valence-electron chi connectivity index (χ0n) is 22.1. The SMILES string of the molecule is CC(C)(C)c1ccc2c(c1)OCCOCCOc1ccc(C(C)(C)C)cc1OCc1n[nH]c(n1)CO2. The van der Waals surface area contributed by atoms with Crippen molar-refractivity contribution in [1.82, 2.24) is 15.2 Å². The van der Waals surface area contributed by atoms with Gasteiger partial charge in [0.2, 0.25) is 0 Å². The number of hydrogen-bond acceptors (Lipinski definition) is 7. The van der Waals surface area contributed by atoms with Crippen molar-refractivity contribution in [3.63, 3.8) is 0 Å². The van der Waals surface area contributed by atoms with Crippen molar-refractivity contribution < 1.29 is 23.7 Å². The van der Waals surface area contributed by atoms with Gasteiger partial charge in [0.25, 0.3) is 0 Å². The average Bonchev–Trinajstić information content (AvgIpc) is 3.27. The van der Waals surface area contributed by atoms with Gasteiger partial charge in [-0.15, -0.1) is 0 Å². The van der Waals surface area contributed by atoms with Crippen LogP contribution in [-0.2, 0) is 28.8 Å². The van der Waals surface area contributed by atoms with Gasteiger partial charge in [-0.05, 0) is 46.2 Å². The maximum absolute atomic E-state index is 6.10. The number of nitrogens with zero attached hydrogens (tertiary/aromatic N) is 2. The molecule has 0 aliphatic carbocycles. The molecule has 2 bridgehead atoms. The van der Waals surface area contributed by atoms with E-state index in [9.17, 15) is 0 Å². The molecular weight excluding hydrogens is 458 g/mol. The molecule has 2 heterocycles. The quantitative estimate of drug-likeness (QED) is 0.450. The third-order valence-corrected chi connectivity index (χ3v) is 5.89. The van der Waals surface area contributed by atoms with E-state index in [0.717, 1.165) is 11.1 Å². The predicted molar refractivity (Wildman–Crippen MR) is 137 cm³/mol. The first kappa shape index (κ1) is 25.8. The van der Waals surface area contributed by atoms with Gasteiger partial charge in [-0.25, -0.2) is 4.98 Å². The van der Waals surface area contributed by atoms with E-state index in [-0.39, 0.29) is 24.0 Å². The van der Waals surface area contributed by atoms with Crippen molar-refractivity contribution in [2.24, 2.45) is 0 Å². The standard InChI is InChI=1S/C28H37N3O5/c1-27(2,3)19-8-10-22-23(15-19)34-14-12-32-11-13-33-21-9-7-20(28(4,5)6)16-24(21)36-18-26-29-25(17-35-22)30-31-26/h7-10,15-16H,11-14,17-18H2,1-6H3,(H,29,30,31).